The third kappa shape index (κ3) is 1.76. The molecule has 0 aliphatic heterocycles. The van der Waals surface area contributed by atoms with Gasteiger partial charge < -0.3 is 5.73 Å². The second kappa shape index (κ2) is 4.24. The van der Waals surface area contributed by atoms with Gasteiger partial charge in [0.25, 0.3) is 0 Å². The lowest BCUT2D eigenvalue weighted by Crippen LogP contribution is -2.05. The lowest BCUT2D eigenvalue weighted by atomic mass is 10.2. The summed E-state index contributed by atoms with van der Waals surface area (Å²) in [5, 5.41) is 0.490. The summed E-state index contributed by atoms with van der Waals surface area (Å²) in [6, 6.07) is 10.2. The summed E-state index contributed by atoms with van der Waals surface area (Å²) in [4.78, 5) is 4.22. The van der Waals surface area contributed by atoms with Crippen molar-refractivity contribution >= 4 is 28.6 Å². The summed E-state index contributed by atoms with van der Waals surface area (Å²) >= 11 is 6.19. The van der Waals surface area contributed by atoms with Crippen LogP contribution >= 0.6 is 11.6 Å². The lowest BCUT2D eigenvalue weighted by molar-refractivity contribution is 0.618. The van der Waals surface area contributed by atoms with E-state index >= 15 is 0 Å². The molecular formula is C14H11ClFN3. The average Bonchev–Trinajstić information content (AvgIpc) is 2.67. The fraction of sp³-hybridized carbons (Fsp3) is 0.0714. The summed E-state index contributed by atoms with van der Waals surface area (Å²) in [6.45, 7) is 1.82. The van der Waals surface area contributed by atoms with Crippen LogP contribution in [0.4, 0.5) is 10.3 Å². The van der Waals surface area contributed by atoms with Gasteiger partial charge in [-0.15, -0.1) is 0 Å². The molecule has 0 amide bonds. The number of rotatable bonds is 1. The van der Waals surface area contributed by atoms with Crippen LogP contribution in [0.15, 0.2) is 36.4 Å². The van der Waals surface area contributed by atoms with Gasteiger partial charge in [0, 0.05) is 0 Å². The van der Waals surface area contributed by atoms with Crippen LogP contribution in [-0.2, 0) is 0 Å². The largest absolute Gasteiger partial charge is 0.369 e. The predicted octanol–water partition coefficient (Wildman–Crippen LogP) is 3.71. The number of nitrogens with two attached hydrogens (primary N) is 1. The van der Waals surface area contributed by atoms with Crippen molar-refractivity contribution in [2.24, 2.45) is 0 Å². The number of fused-ring (bicyclic) bond motifs is 1. The van der Waals surface area contributed by atoms with E-state index in [0.717, 1.165) is 5.56 Å². The molecule has 19 heavy (non-hydrogen) atoms. The van der Waals surface area contributed by atoms with Crippen LogP contribution < -0.4 is 5.73 Å². The molecule has 0 unspecified atom stereocenters. The molecule has 3 aromatic rings. The Morgan fingerprint density at radius 1 is 1.21 bits per heavy atom. The Morgan fingerprint density at radius 2 is 1.95 bits per heavy atom. The highest BCUT2D eigenvalue weighted by molar-refractivity contribution is 6.35. The maximum atomic E-state index is 14.1. The minimum atomic E-state index is -0.356. The normalized spacial score (nSPS) is 11.1. The smallest absolute Gasteiger partial charge is 0.206 e. The van der Waals surface area contributed by atoms with Gasteiger partial charge in [0.2, 0.25) is 5.95 Å². The van der Waals surface area contributed by atoms with E-state index in [1.54, 1.807) is 28.8 Å². The Labute approximate surface area is 114 Å². The molecule has 0 atom stereocenters. The van der Waals surface area contributed by atoms with Gasteiger partial charge in [-0.3, -0.25) is 4.57 Å². The first-order chi connectivity index (χ1) is 9.09. The summed E-state index contributed by atoms with van der Waals surface area (Å²) in [5.74, 6) is -0.137. The molecule has 0 radical (unpaired) electrons. The number of hydrogen-bond acceptors (Lipinski definition) is 2. The van der Waals surface area contributed by atoms with Crippen LogP contribution in [0.3, 0.4) is 0 Å². The van der Waals surface area contributed by atoms with Crippen molar-refractivity contribution in [3.63, 3.8) is 0 Å². The minimum Gasteiger partial charge on any atom is -0.369 e. The van der Waals surface area contributed by atoms with E-state index in [4.69, 9.17) is 17.3 Å². The van der Waals surface area contributed by atoms with Crippen LogP contribution in [0.25, 0.3) is 16.7 Å². The standard InChI is InChI=1S/C14H11ClFN3/c1-8-4-2-6-10(16)12(8)19-13-9(15)5-3-7-11(13)18-14(19)17/h2-7H,1H3,(H2,17,18). The predicted molar refractivity (Wildman–Crippen MR) is 75.2 cm³/mol. The molecule has 3 nitrogen and oxygen atoms in total. The molecule has 0 spiro atoms. The number of halogens is 2. The fourth-order valence-electron chi connectivity index (χ4n) is 2.24. The first-order valence-corrected chi connectivity index (χ1v) is 6.15. The van der Waals surface area contributed by atoms with Gasteiger partial charge in [-0.2, -0.15) is 0 Å². The lowest BCUT2D eigenvalue weighted by Gasteiger charge is -2.11. The van der Waals surface area contributed by atoms with Crippen molar-refractivity contribution in [1.29, 1.82) is 0 Å². The number of nitrogen functional groups attached to an aromatic ring is 1. The van der Waals surface area contributed by atoms with Crippen molar-refractivity contribution in [3.8, 4) is 5.69 Å². The minimum absolute atomic E-state index is 0.219. The van der Waals surface area contributed by atoms with Crippen LogP contribution in [0.1, 0.15) is 5.56 Å². The van der Waals surface area contributed by atoms with Gasteiger partial charge in [-0.1, -0.05) is 29.8 Å². The number of benzene rings is 2. The van der Waals surface area contributed by atoms with Crippen LogP contribution in [0.5, 0.6) is 0 Å². The van der Waals surface area contributed by atoms with Crippen LogP contribution in [-0.4, -0.2) is 9.55 Å². The van der Waals surface area contributed by atoms with E-state index in [-0.39, 0.29) is 11.8 Å². The zero-order valence-corrected chi connectivity index (χ0v) is 10.9. The SMILES string of the molecule is Cc1cccc(F)c1-n1c(N)nc2cccc(Cl)c21. The summed E-state index contributed by atoms with van der Waals surface area (Å²) in [7, 11) is 0. The zero-order chi connectivity index (χ0) is 13.6. The first-order valence-electron chi connectivity index (χ1n) is 5.77. The molecule has 3 rings (SSSR count). The Hall–Kier alpha value is -2.07. The van der Waals surface area contributed by atoms with Gasteiger partial charge in [0.15, 0.2) is 0 Å². The molecular weight excluding hydrogens is 265 g/mol. The van der Waals surface area contributed by atoms with E-state index in [9.17, 15) is 4.39 Å². The van der Waals surface area contributed by atoms with Gasteiger partial charge in [0.1, 0.15) is 5.82 Å². The molecule has 96 valence electrons. The summed E-state index contributed by atoms with van der Waals surface area (Å²) < 4.78 is 15.7. The first kappa shape index (κ1) is 12.0. The third-order valence-electron chi connectivity index (χ3n) is 3.07. The maximum Gasteiger partial charge on any atom is 0.206 e. The zero-order valence-electron chi connectivity index (χ0n) is 10.2. The van der Waals surface area contributed by atoms with Gasteiger partial charge in [-0.05, 0) is 30.7 Å². The molecule has 0 saturated heterocycles. The number of para-hydroxylation sites is 2. The quantitative estimate of drug-likeness (QED) is 0.736. The second-order valence-corrected chi connectivity index (χ2v) is 4.73. The molecule has 2 aromatic carbocycles. The molecule has 0 saturated carbocycles. The maximum absolute atomic E-state index is 14.1. The monoisotopic (exact) mass is 275 g/mol. The second-order valence-electron chi connectivity index (χ2n) is 4.32. The average molecular weight is 276 g/mol. The molecule has 2 N–H and O–H groups in total. The van der Waals surface area contributed by atoms with E-state index in [1.165, 1.54) is 6.07 Å². The van der Waals surface area contributed by atoms with Crippen molar-refractivity contribution in [1.82, 2.24) is 9.55 Å². The number of aryl methyl sites for hydroxylation is 1. The fourth-order valence-corrected chi connectivity index (χ4v) is 2.49. The van der Waals surface area contributed by atoms with Gasteiger partial charge in [-0.25, -0.2) is 9.37 Å². The number of aromatic nitrogens is 2. The van der Waals surface area contributed by atoms with Gasteiger partial charge >= 0.3 is 0 Å². The van der Waals surface area contributed by atoms with Crippen molar-refractivity contribution in [3.05, 3.63) is 52.8 Å². The Bertz CT molecular complexity index is 759. The van der Waals surface area contributed by atoms with Crippen molar-refractivity contribution in [2.45, 2.75) is 6.92 Å². The molecule has 0 aliphatic carbocycles. The number of imidazole rings is 1. The van der Waals surface area contributed by atoms with Crippen molar-refractivity contribution < 1.29 is 4.39 Å². The number of nitrogens with zero attached hydrogens (tertiary/aromatic N) is 2. The highest BCUT2D eigenvalue weighted by atomic mass is 35.5. The molecule has 0 bridgehead atoms. The van der Waals surface area contributed by atoms with E-state index in [0.29, 0.717) is 21.7 Å². The molecule has 0 fully saturated rings. The summed E-state index contributed by atoms with van der Waals surface area (Å²) in [6.07, 6.45) is 0. The van der Waals surface area contributed by atoms with Crippen LogP contribution in [0.2, 0.25) is 5.02 Å². The highest BCUT2D eigenvalue weighted by Gasteiger charge is 2.17. The molecule has 1 heterocycles. The Kier molecular flexibility index (Phi) is 2.68. The molecule has 1 aromatic heterocycles. The van der Waals surface area contributed by atoms with E-state index in [2.05, 4.69) is 4.98 Å². The van der Waals surface area contributed by atoms with Crippen LogP contribution in [0, 0.1) is 12.7 Å². The highest BCUT2D eigenvalue weighted by Crippen LogP contribution is 2.31. The Morgan fingerprint density at radius 3 is 2.68 bits per heavy atom. The molecule has 0 aliphatic rings. The molecule has 5 heteroatoms. The number of hydrogen-bond donors (Lipinski definition) is 1. The number of anilines is 1. The van der Waals surface area contributed by atoms with Gasteiger partial charge in [0.05, 0.1) is 21.7 Å². The topological polar surface area (TPSA) is 43.8 Å². The Balaban J connectivity index is 2.46. The summed E-state index contributed by atoms with van der Waals surface area (Å²) in [5.41, 5.74) is 8.34. The van der Waals surface area contributed by atoms with Crippen molar-refractivity contribution in [2.75, 3.05) is 5.73 Å². The third-order valence-corrected chi connectivity index (χ3v) is 3.37. The van der Waals surface area contributed by atoms with E-state index in [1.807, 2.05) is 13.0 Å². The van der Waals surface area contributed by atoms with E-state index < -0.39 is 0 Å².